The summed E-state index contributed by atoms with van der Waals surface area (Å²) in [5.41, 5.74) is 0.183. The zero-order valence-corrected chi connectivity index (χ0v) is 5.47. The van der Waals surface area contributed by atoms with Gasteiger partial charge in [0.25, 0.3) is 0 Å². The molecule has 0 aliphatic rings. The van der Waals surface area contributed by atoms with Crippen LogP contribution in [-0.2, 0) is 9.68 Å². The Bertz CT molecular complexity index is 99.5. The van der Waals surface area contributed by atoms with Crippen LogP contribution in [0, 0.1) is 0 Å². The molecule has 0 spiro atoms. The minimum atomic E-state index is -0.792. The lowest BCUT2D eigenvalue weighted by Crippen LogP contribution is -1.99. The molecule has 44 valence electrons. The van der Waals surface area contributed by atoms with Crippen LogP contribution >= 0.6 is 0 Å². The molecule has 0 aromatic heterocycles. The molecule has 0 aliphatic carbocycles. The highest BCUT2D eigenvalue weighted by Crippen LogP contribution is 1.86. The van der Waals surface area contributed by atoms with E-state index in [4.69, 9.17) is 5.26 Å². The fraction of sp³-hybridized carbons (Fsp3) is 0.250. The van der Waals surface area contributed by atoms with Gasteiger partial charge < -0.3 is 0 Å². The largest absolute Gasteiger partial charge is 0.367 e. The minimum Gasteiger partial charge on any atom is -0.296 e. The van der Waals surface area contributed by atoms with Gasteiger partial charge in [-0.15, -0.1) is 0 Å². The SMILES string of the molecule is C=C(C)C(=O)OO.[Si]. The van der Waals surface area contributed by atoms with Crippen molar-refractivity contribution >= 4 is 16.9 Å². The van der Waals surface area contributed by atoms with E-state index in [1.54, 1.807) is 0 Å². The van der Waals surface area contributed by atoms with Gasteiger partial charge >= 0.3 is 5.97 Å². The van der Waals surface area contributed by atoms with Crippen molar-refractivity contribution in [3.05, 3.63) is 12.2 Å². The summed E-state index contributed by atoms with van der Waals surface area (Å²) in [7, 11) is 0. The maximum absolute atomic E-state index is 9.94. The Hall–Kier alpha value is -0.613. The summed E-state index contributed by atoms with van der Waals surface area (Å²) in [6.07, 6.45) is 0. The fourth-order valence-corrected chi connectivity index (χ4v) is 0.0779. The molecule has 0 saturated carbocycles. The molecule has 4 radical (unpaired) electrons. The number of carbonyl (C=O) groups excluding carboxylic acids is 1. The van der Waals surface area contributed by atoms with E-state index in [9.17, 15) is 4.79 Å². The molecule has 0 unspecified atom stereocenters. The van der Waals surface area contributed by atoms with Gasteiger partial charge in [0.1, 0.15) is 0 Å². The van der Waals surface area contributed by atoms with E-state index in [1.807, 2.05) is 0 Å². The van der Waals surface area contributed by atoms with Crippen LogP contribution < -0.4 is 0 Å². The first-order valence-electron chi connectivity index (χ1n) is 1.69. The molecule has 0 aromatic rings. The van der Waals surface area contributed by atoms with Crippen molar-refractivity contribution in [2.45, 2.75) is 6.92 Å². The Morgan fingerprint density at radius 2 is 2.12 bits per heavy atom. The van der Waals surface area contributed by atoms with Crippen molar-refractivity contribution in [2.75, 3.05) is 0 Å². The van der Waals surface area contributed by atoms with E-state index in [1.165, 1.54) is 6.92 Å². The molecule has 0 bridgehead atoms. The molecule has 0 rings (SSSR count). The zero-order valence-electron chi connectivity index (χ0n) is 4.47. The summed E-state index contributed by atoms with van der Waals surface area (Å²) >= 11 is 0. The van der Waals surface area contributed by atoms with Crippen LogP contribution in [0.5, 0.6) is 0 Å². The third kappa shape index (κ3) is 3.57. The van der Waals surface area contributed by atoms with Crippen molar-refractivity contribution < 1.29 is 14.9 Å². The van der Waals surface area contributed by atoms with Gasteiger partial charge in [-0.05, 0) is 6.92 Å². The van der Waals surface area contributed by atoms with Gasteiger partial charge in [-0.2, -0.15) is 5.26 Å². The number of hydrogen-bond donors (Lipinski definition) is 1. The molecule has 3 nitrogen and oxygen atoms in total. The monoisotopic (exact) mass is 130 g/mol. The van der Waals surface area contributed by atoms with Crippen molar-refractivity contribution in [3.63, 3.8) is 0 Å². The van der Waals surface area contributed by atoms with Gasteiger partial charge in [-0.1, -0.05) is 6.58 Å². The second kappa shape index (κ2) is 4.54. The minimum absolute atomic E-state index is 0. The molecule has 0 saturated heterocycles. The standard InChI is InChI=1S/C4H6O3.Si/c1-3(2)4(5)7-6;/h6H,1H2,2H3;. The first kappa shape index (κ1) is 10.4. The van der Waals surface area contributed by atoms with Crippen LogP contribution in [0.2, 0.25) is 0 Å². The van der Waals surface area contributed by atoms with Gasteiger partial charge in [0.2, 0.25) is 0 Å². The van der Waals surface area contributed by atoms with E-state index in [0.29, 0.717) is 0 Å². The Labute approximate surface area is 51.9 Å². The third-order valence-corrected chi connectivity index (χ3v) is 0.431. The maximum Gasteiger partial charge on any atom is 0.367 e. The van der Waals surface area contributed by atoms with Crippen molar-refractivity contribution in [1.82, 2.24) is 0 Å². The topological polar surface area (TPSA) is 46.5 Å². The smallest absolute Gasteiger partial charge is 0.296 e. The molecule has 0 aromatic carbocycles. The molecule has 1 N–H and O–H groups in total. The molecular weight excluding hydrogens is 124 g/mol. The van der Waals surface area contributed by atoms with Crippen molar-refractivity contribution in [3.8, 4) is 0 Å². The van der Waals surface area contributed by atoms with E-state index in [-0.39, 0.29) is 16.5 Å². The van der Waals surface area contributed by atoms with Crippen molar-refractivity contribution in [2.24, 2.45) is 0 Å². The van der Waals surface area contributed by atoms with Crippen molar-refractivity contribution in [1.29, 1.82) is 0 Å². The molecule has 4 heteroatoms. The van der Waals surface area contributed by atoms with Gasteiger partial charge in [-0.3, -0.25) is 4.89 Å². The number of rotatable bonds is 1. The second-order valence-electron chi connectivity index (χ2n) is 1.16. The Kier molecular flexibility index (Phi) is 5.90. The quantitative estimate of drug-likeness (QED) is 0.239. The fourth-order valence-electron chi connectivity index (χ4n) is 0.0779. The van der Waals surface area contributed by atoms with Crippen LogP contribution in [0.1, 0.15) is 6.92 Å². The molecule has 0 atom stereocenters. The lowest BCUT2D eigenvalue weighted by Gasteiger charge is -1.88. The Balaban J connectivity index is 0. The van der Waals surface area contributed by atoms with E-state index in [2.05, 4.69) is 11.5 Å². The van der Waals surface area contributed by atoms with E-state index >= 15 is 0 Å². The molecule has 8 heavy (non-hydrogen) atoms. The summed E-state index contributed by atoms with van der Waals surface area (Å²) < 4.78 is 0. The summed E-state index contributed by atoms with van der Waals surface area (Å²) in [6, 6.07) is 0. The van der Waals surface area contributed by atoms with E-state index in [0.717, 1.165) is 0 Å². The molecule has 0 amide bonds. The summed E-state index contributed by atoms with van der Waals surface area (Å²) in [6.45, 7) is 4.63. The van der Waals surface area contributed by atoms with Crippen LogP contribution in [0.25, 0.3) is 0 Å². The second-order valence-corrected chi connectivity index (χ2v) is 1.16. The number of carbonyl (C=O) groups is 1. The summed E-state index contributed by atoms with van der Waals surface area (Å²) in [5.74, 6) is -0.792. The normalized spacial score (nSPS) is 6.75. The van der Waals surface area contributed by atoms with Crippen LogP contribution in [0.4, 0.5) is 0 Å². The Morgan fingerprint density at radius 1 is 1.75 bits per heavy atom. The van der Waals surface area contributed by atoms with Gasteiger partial charge in [0.15, 0.2) is 0 Å². The van der Waals surface area contributed by atoms with Crippen LogP contribution in [0.3, 0.4) is 0 Å². The Morgan fingerprint density at radius 3 is 2.12 bits per heavy atom. The highest BCUT2D eigenvalue weighted by atomic mass is 28.1. The van der Waals surface area contributed by atoms with Gasteiger partial charge in [0, 0.05) is 16.5 Å². The lowest BCUT2D eigenvalue weighted by atomic mass is 10.4. The molecule has 0 fully saturated rings. The van der Waals surface area contributed by atoms with Gasteiger partial charge in [0.05, 0.1) is 0 Å². The van der Waals surface area contributed by atoms with Crippen LogP contribution in [0.15, 0.2) is 12.2 Å². The zero-order chi connectivity index (χ0) is 5.86. The predicted molar refractivity (Wildman–Crippen MR) is 29.3 cm³/mol. The first-order valence-corrected chi connectivity index (χ1v) is 1.69. The average molecular weight is 130 g/mol. The molecule has 0 heterocycles. The first-order chi connectivity index (χ1) is 3.18. The lowest BCUT2D eigenvalue weighted by molar-refractivity contribution is -0.229. The van der Waals surface area contributed by atoms with Gasteiger partial charge in [-0.25, -0.2) is 4.79 Å². The highest BCUT2D eigenvalue weighted by Gasteiger charge is 1.98. The molecular formula is C4H6O3Si. The predicted octanol–water partition coefficient (Wildman–Crippen LogP) is 0.198. The maximum atomic E-state index is 9.94. The summed E-state index contributed by atoms with van der Waals surface area (Å²) in [5, 5.41) is 7.59. The van der Waals surface area contributed by atoms with Crippen LogP contribution in [-0.4, -0.2) is 22.2 Å². The van der Waals surface area contributed by atoms with E-state index < -0.39 is 5.97 Å². The highest BCUT2D eigenvalue weighted by molar-refractivity contribution is 5.86. The summed E-state index contributed by atoms with van der Waals surface area (Å²) in [4.78, 5) is 13.2. The average Bonchev–Trinajstić information content (AvgIpc) is 1.65. The molecule has 0 aliphatic heterocycles. The third-order valence-electron chi connectivity index (χ3n) is 0.431. The number of hydrogen-bond acceptors (Lipinski definition) is 3.